The number of carbonyl (C=O) groups excluding carboxylic acids is 1. The summed E-state index contributed by atoms with van der Waals surface area (Å²) in [5, 5.41) is 0. The standard InChI is InChI=1S/C6H6N2O.3Ca.2H3O4P/c7-6(9)5-2-1-3-8-4-5;;;;2*1-5(2,3)4/h1-4H,(H2,7,9);;;;2*(H3,1,2,3,4)/q;3*+2;;/p-6. The first-order valence-corrected chi connectivity index (χ1v) is 6.88. The number of phosphoric acid groups is 2. The number of pyridine rings is 1. The van der Waals surface area contributed by atoms with Gasteiger partial charge in [0.05, 0.1) is 5.56 Å². The molecule has 22 heavy (non-hydrogen) atoms. The maximum Gasteiger partial charge on any atom is 2.00 e. The minimum absolute atomic E-state index is 0. The van der Waals surface area contributed by atoms with Crippen LogP contribution in [0.4, 0.5) is 0 Å². The molecular formula is C6H6Ca3N2O9P2. The molecule has 0 radical (unpaired) electrons. The Morgan fingerprint density at radius 2 is 1.27 bits per heavy atom. The number of hydrogen-bond donors (Lipinski definition) is 1. The molecule has 0 saturated heterocycles. The van der Waals surface area contributed by atoms with Crippen molar-refractivity contribution in [3.63, 3.8) is 0 Å². The van der Waals surface area contributed by atoms with E-state index in [4.69, 9.17) is 44.2 Å². The normalized spacial score (nSPS) is 9.00. The van der Waals surface area contributed by atoms with Crippen LogP contribution in [0.1, 0.15) is 10.4 Å². The van der Waals surface area contributed by atoms with Crippen LogP contribution in [-0.4, -0.2) is 124 Å². The SMILES string of the molecule is NC(=O)c1cccnc1.O=P([O-])([O-])[O-].O=P([O-])([O-])[O-].[Ca+2].[Ca+2].[Ca+2]. The van der Waals surface area contributed by atoms with Crippen molar-refractivity contribution < 1.29 is 43.3 Å². The van der Waals surface area contributed by atoms with E-state index >= 15 is 0 Å². The fourth-order valence-electron chi connectivity index (χ4n) is 0.509. The number of hydrogen-bond acceptors (Lipinski definition) is 10. The predicted molar refractivity (Wildman–Crippen MR) is 65.2 cm³/mol. The quantitative estimate of drug-likeness (QED) is 0.325. The molecule has 1 aromatic rings. The molecule has 2 N–H and O–H groups in total. The second kappa shape index (κ2) is 18.4. The second-order valence-corrected chi connectivity index (χ2v) is 4.29. The molecule has 16 heteroatoms. The van der Waals surface area contributed by atoms with Crippen LogP contribution in [0.3, 0.4) is 0 Å². The van der Waals surface area contributed by atoms with E-state index in [2.05, 4.69) is 4.98 Å². The monoisotopic (exact) mass is 432 g/mol. The van der Waals surface area contributed by atoms with E-state index in [0.29, 0.717) is 5.56 Å². The zero-order valence-electron chi connectivity index (χ0n) is 11.0. The van der Waals surface area contributed by atoms with Gasteiger partial charge in [-0.1, -0.05) is 0 Å². The van der Waals surface area contributed by atoms with Crippen molar-refractivity contribution in [3.05, 3.63) is 30.1 Å². The summed E-state index contributed by atoms with van der Waals surface area (Å²) in [5.74, 6) is -0.442. The van der Waals surface area contributed by atoms with Crippen molar-refractivity contribution in [1.82, 2.24) is 4.98 Å². The third-order valence-electron chi connectivity index (χ3n) is 0.946. The molecule has 0 aliphatic heterocycles. The van der Waals surface area contributed by atoms with Crippen molar-refractivity contribution in [1.29, 1.82) is 0 Å². The van der Waals surface area contributed by atoms with Crippen LogP contribution in [0.5, 0.6) is 0 Å². The number of aromatic nitrogens is 1. The number of nitrogens with zero attached hydrogens (tertiary/aromatic N) is 1. The third-order valence-corrected chi connectivity index (χ3v) is 0.946. The fourth-order valence-corrected chi connectivity index (χ4v) is 0.509. The molecule has 0 atom stereocenters. The van der Waals surface area contributed by atoms with Gasteiger partial charge < -0.3 is 44.2 Å². The Morgan fingerprint density at radius 3 is 1.41 bits per heavy atom. The van der Waals surface area contributed by atoms with E-state index in [0.717, 1.165) is 0 Å². The van der Waals surface area contributed by atoms with Gasteiger partial charge in [0, 0.05) is 12.4 Å². The number of nitrogens with two attached hydrogens (primary N) is 1. The molecular weight excluding hydrogens is 426 g/mol. The minimum Gasteiger partial charge on any atom is -0.822 e. The molecule has 0 unspecified atom stereocenters. The van der Waals surface area contributed by atoms with E-state index in [1.165, 1.54) is 6.20 Å². The van der Waals surface area contributed by atoms with Crippen LogP contribution < -0.4 is 35.1 Å². The molecule has 0 aliphatic carbocycles. The summed E-state index contributed by atoms with van der Waals surface area (Å²) in [4.78, 5) is 65.4. The molecule has 11 nitrogen and oxygen atoms in total. The predicted octanol–water partition coefficient (Wildman–Crippen LogP) is -6.61. The molecule has 0 bridgehead atoms. The Balaban J connectivity index is -0.0000000659. The summed E-state index contributed by atoms with van der Waals surface area (Å²) < 4.78 is 17.1. The molecule has 1 amide bonds. The molecule has 0 aromatic carbocycles. The average Bonchev–Trinajstić information content (AvgIpc) is 2.13. The van der Waals surface area contributed by atoms with Crippen LogP contribution in [0, 0.1) is 0 Å². The van der Waals surface area contributed by atoms with Gasteiger partial charge in [0.25, 0.3) is 0 Å². The van der Waals surface area contributed by atoms with Crippen LogP contribution >= 0.6 is 15.6 Å². The number of amides is 1. The first kappa shape index (κ1) is 35.7. The van der Waals surface area contributed by atoms with E-state index < -0.39 is 21.6 Å². The van der Waals surface area contributed by atoms with E-state index in [1.54, 1.807) is 18.3 Å². The summed E-state index contributed by atoms with van der Waals surface area (Å²) >= 11 is 0. The summed E-state index contributed by atoms with van der Waals surface area (Å²) in [7, 11) is -10.8. The maximum atomic E-state index is 10.4. The van der Waals surface area contributed by atoms with Crippen LogP contribution in [0.25, 0.3) is 0 Å². The molecule has 0 saturated carbocycles. The fraction of sp³-hybridized carbons (Fsp3) is 0. The Bertz CT molecular complexity index is 443. The smallest absolute Gasteiger partial charge is 0.822 e. The van der Waals surface area contributed by atoms with E-state index in [-0.39, 0.29) is 113 Å². The molecule has 0 aliphatic rings. The number of rotatable bonds is 1. The zero-order valence-corrected chi connectivity index (χ0v) is 19.4. The topological polar surface area (TPSA) is 228 Å². The van der Waals surface area contributed by atoms with Crippen molar-refractivity contribution in [2.24, 2.45) is 5.73 Å². The maximum absolute atomic E-state index is 10.4. The molecule has 1 heterocycles. The summed E-state index contributed by atoms with van der Waals surface area (Å²) in [6, 6.07) is 3.29. The number of primary amides is 1. The molecule has 1 rings (SSSR count). The Labute approximate surface area is 215 Å². The van der Waals surface area contributed by atoms with Crippen LogP contribution in [0.15, 0.2) is 24.5 Å². The molecule has 0 spiro atoms. The minimum atomic E-state index is -5.39. The number of carbonyl (C=O) groups is 1. The second-order valence-electron chi connectivity index (χ2n) is 2.50. The van der Waals surface area contributed by atoms with Gasteiger partial charge in [0.2, 0.25) is 5.91 Å². The van der Waals surface area contributed by atoms with Gasteiger partial charge in [0.1, 0.15) is 0 Å². The van der Waals surface area contributed by atoms with Gasteiger partial charge in [-0.05, 0) is 12.1 Å². The van der Waals surface area contributed by atoms with Crippen LogP contribution in [-0.2, 0) is 9.13 Å². The molecule has 0 fully saturated rings. The van der Waals surface area contributed by atoms with Crippen molar-refractivity contribution in [2.75, 3.05) is 0 Å². The van der Waals surface area contributed by atoms with Gasteiger partial charge in [-0.25, -0.2) is 0 Å². The van der Waals surface area contributed by atoms with E-state index in [9.17, 15) is 4.79 Å². The Kier molecular flexibility index (Phi) is 29.9. The van der Waals surface area contributed by atoms with Gasteiger partial charge in [-0.3, -0.25) is 9.78 Å². The van der Waals surface area contributed by atoms with Crippen molar-refractivity contribution >= 4 is 135 Å². The third kappa shape index (κ3) is 49.5. The van der Waals surface area contributed by atoms with Gasteiger partial charge in [-0.2, -0.15) is 15.6 Å². The summed E-state index contributed by atoms with van der Waals surface area (Å²) in [6.07, 6.45) is 3.02. The Morgan fingerprint density at radius 1 is 0.955 bits per heavy atom. The zero-order chi connectivity index (χ0) is 15.7. The molecule has 1 aromatic heterocycles. The van der Waals surface area contributed by atoms with Gasteiger partial charge >= 0.3 is 113 Å². The van der Waals surface area contributed by atoms with Gasteiger partial charge in [-0.15, -0.1) is 0 Å². The van der Waals surface area contributed by atoms with Gasteiger partial charge in [0.15, 0.2) is 0 Å². The largest absolute Gasteiger partial charge is 2.00 e. The Hall–Kier alpha value is 2.62. The van der Waals surface area contributed by atoms with Crippen molar-refractivity contribution in [3.8, 4) is 0 Å². The first-order chi connectivity index (χ1) is 8.30. The van der Waals surface area contributed by atoms with Crippen LogP contribution in [0.2, 0.25) is 0 Å². The first-order valence-electron chi connectivity index (χ1n) is 3.96. The van der Waals surface area contributed by atoms with E-state index in [1.807, 2.05) is 0 Å². The molecule has 110 valence electrons. The summed E-state index contributed by atoms with van der Waals surface area (Å²) in [5.41, 5.74) is 5.38. The summed E-state index contributed by atoms with van der Waals surface area (Å²) in [6.45, 7) is 0. The average molecular weight is 432 g/mol. The van der Waals surface area contributed by atoms with Crippen molar-refractivity contribution in [2.45, 2.75) is 0 Å².